The van der Waals surface area contributed by atoms with Gasteiger partial charge in [0.2, 0.25) is 10.0 Å². The Hall–Kier alpha value is -1.07. The van der Waals surface area contributed by atoms with E-state index < -0.39 is 10.0 Å². The van der Waals surface area contributed by atoms with Crippen LogP contribution in [0.2, 0.25) is 0 Å². The fraction of sp³-hybridized carbons (Fsp3) is 0.571. The van der Waals surface area contributed by atoms with Crippen LogP contribution in [0.5, 0.6) is 0 Å². The summed E-state index contributed by atoms with van der Waals surface area (Å²) in [7, 11) is -1.75. The predicted molar refractivity (Wildman–Crippen MR) is 79.9 cm³/mol. The second-order valence-corrected chi connectivity index (χ2v) is 6.57. The third kappa shape index (κ3) is 4.21. The first kappa shape index (κ1) is 16.0. The third-order valence-corrected chi connectivity index (χ3v) is 4.93. The van der Waals surface area contributed by atoms with Gasteiger partial charge in [0, 0.05) is 20.1 Å². The van der Waals surface area contributed by atoms with E-state index in [4.69, 9.17) is 0 Å². The van der Waals surface area contributed by atoms with Gasteiger partial charge in [-0.3, -0.25) is 0 Å². The Morgan fingerprint density at radius 2 is 1.84 bits per heavy atom. The van der Waals surface area contributed by atoms with Gasteiger partial charge < -0.3 is 5.32 Å². The topological polar surface area (TPSA) is 49.4 Å². The molecule has 0 aliphatic rings. The van der Waals surface area contributed by atoms with Crippen molar-refractivity contribution < 1.29 is 8.42 Å². The zero-order valence-electron chi connectivity index (χ0n) is 12.0. The van der Waals surface area contributed by atoms with Crippen molar-refractivity contribution in [3.63, 3.8) is 0 Å². The second-order valence-electron chi connectivity index (χ2n) is 4.56. The van der Waals surface area contributed by atoms with Gasteiger partial charge in [-0.2, -0.15) is 0 Å². The summed E-state index contributed by atoms with van der Waals surface area (Å²) in [6, 6.07) is 7.06. The van der Waals surface area contributed by atoms with Gasteiger partial charge in [0.25, 0.3) is 0 Å². The van der Waals surface area contributed by atoms with Crippen molar-refractivity contribution in [2.45, 2.75) is 38.0 Å². The zero-order chi connectivity index (χ0) is 14.3. The fourth-order valence-electron chi connectivity index (χ4n) is 1.90. The van der Waals surface area contributed by atoms with Crippen molar-refractivity contribution in [2.75, 3.05) is 25.5 Å². The lowest BCUT2D eigenvalue weighted by Crippen LogP contribution is -2.28. The molecule has 0 heterocycles. The largest absolute Gasteiger partial charge is 0.384 e. The quantitative estimate of drug-likeness (QED) is 0.747. The Morgan fingerprint density at radius 1 is 1.16 bits per heavy atom. The van der Waals surface area contributed by atoms with Crippen LogP contribution in [0.25, 0.3) is 0 Å². The highest BCUT2D eigenvalue weighted by molar-refractivity contribution is 7.89. The lowest BCUT2D eigenvalue weighted by molar-refractivity contribution is 0.454. The molecule has 1 rings (SSSR count). The fourth-order valence-corrected chi connectivity index (χ4v) is 3.27. The van der Waals surface area contributed by atoms with E-state index in [1.807, 2.05) is 13.0 Å². The average molecular weight is 284 g/mol. The standard InChI is InChI=1S/C14H24N2O2S/c1-4-6-9-12-16(3)19(17,18)14-11-8-7-10-13(14)15-5-2/h7-8,10-11,15H,4-6,9,12H2,1-3H3. The van der Waals surface area contributed by atoms with Gasteiger partial charge in [0.15, 0.2) is 0 Å². The molecule has 0 aliphatic heterocycles. The smallest absolute Gasteiger partial charge is 0.244 e. The van der Waals surface area contributed by atoms with Crippen LogP contribution in [0.1, 0.15) is 33.1 Å². The van der Waals surface area contributed by atoms with Gasteiger partial charge in [-0.25, -0.2) is 12.7 Å². The molecule has 1 aromatic rings. The van der Waals surface area contributed by atoms with Gasteiger partial charge >= 0.3 is 0 Å². The molecule has 0 saturated heterocycles. The van der Waals surface area contributed by atoms with Gasteiger partial charge in [-0.15, -0.1) is 0 Å². The maximum absolute atomic E-state index is 12.5. The molecule has 4 nitrogen and oxygen atoms in total. The molecular formula is C14H24N2O2S. The van der Waals surface area contributed by atoms with Crippen molar-refractivity contribution in [1.82, 2.24) is 4.31 Å². The lowest BCUT2D eigenvalue weighted by Gasteiger charge is -2.19. The molecule has 0 fully saturated rings. The number of benzene rings is 1. The molecule has 0 unspecified atom stereocenters. The summed E-state index contributed by atoms with van der Waals surface area (Å²) in [5.74, 6) is 0. The van der Waals surface area contributed by atoms with E-state index in [1.165, 1.54) is 4.31 Å². The molecule has 108 valence electrons. The highest BCUT2D eigenvalue weighted by atomic mass is 32.2. The molecule has 1 aromatic carbocycles. The maximum atomic E-state index is 12.5. The van der Waals surface area contributed by atoms with E-state index in [1.54, 1.807) is 25.2 Å². The van der Waals surface area contributed by atoms with Crippen LogP contribution in [-0.4, -0.2) is 32.9 Å². The summed E-state index contributed by atoms with van der Waals surface area (Å²) in [4.78, 5) is 0.357. The van der Waals surface area contributed by atoms with Crippen molar-refractivity contribution >= 4 is 15.7 Å². The van der Waals surface area contributed by atoms with E-state index in [9.17, 15) is 8.42 Å². The Bertz CT molecular complexity index is 486. The van der Waals surface area contributed by atoms with E-state index in [0.717, 1.165) is 19.3 Å². The van der Waals surface area contributed by atoms with Gasteiger partial charge in [0.05, 0.1) is 5.69 Å². The van der Waals surface area contributed by atoms with E-state index in [2.05, 4.69) is 12.2 Å². The number of nitrogens with zero attached hydrogens (tertiary/aromatic N) is 1. The molecule has 0 saturated carbocycles. The minimum Gasteiger partial charge on any atom is -0.384 e. The molecular weight excluding hydrogens is 260 g/mol. The molecule has 0 bridgehead atoms. The van der Waals surface area contributed by atoms with E-state index in [0.29, 0.717) is 23.7 Å². The van der Waals surface area contributed by atoms with E-state index >= 15 is 0 Å². The van der Waals surface area contributed by atoms with Gasteiger partial charge in [-0.05, 0) is 25.5 Å². The van der Waals surface area contributed by atoms with Crippen molar-refractivity contribution in [2.24, 2.45) is 0 Å². The molecule has 5 heteroatoms. The van der Waals surface area contributed by atoms with Crippen molar-refractivity contribution in [1.29, 1.82) is 0 Å². The molecule has 0 atom stereocenters. The summed E-state index contributed by atoms with van der Waals surface area (Å²) in [6.07, 6.45) is 3.03. The third-order valence-electron chi connectivity index (χ3n) is 3.02. The summed E-state index contributed by atoms with van der Waals surface area (Å²) in [5, 5.41) is 3.10. The summed E-state index contributed by atoms with van der Waals surface area (Å²) >= 11 is 0. The normalized spacial score (nSPS) is 11.8. The molecule has 0 aromatic heterocycles. The molecule has 19 heavy (non-hydrogen) atoms. The number of hydrogen-bond donors (Lipinski definition) is 1. The summed E-state index contributed by atoms with van der Waals surface area (Å²) in [6.45, 7) is 5.33. The van der Waals surface area contributed by atoms with Crippen LogP contribution in [0.4, 0.5) is 5.69 Å². The van der Waals surface area contributed by atoms with Gasteiger partial charge in [0.1, 0.15) is 4.90 Å². The molecule has 0 spiro atoms. The second kappa shape index (κ2) is 7.50. The Labute approximate surface area is 116 Å². The number of para-hydroxylation sites is 1. The summed E-state index contributed by atoms with van der Waals surface area (Å²) in [5.41, 5.74) is 0.673. The Morgan fingerprint density at radius 3 is 2.47 bits per heavy atom. The van der Waals surface area contributed by atoms with Crippen LogP contribution in [-0.2, 0) is 10.0 Å². The molecule has 0 radical (unpaired) electrons. The average Bonchev–Trinajstić information content (AvgIpc) is 2.39. The predicted octanol–water partition coefficient (Wildman–Crippen LogP) is 2.93. The Kier molecular flexibility index (Phi) is 6.31. The first-order chi connectivity index (χ1) is 9.04. The highest BCUT2D eigenvalue weighted by Crippen LogP contribution is 2.23. The number of nitrogens with one attached hydrogen (secondary N) is 1. The number of rotatable bonds is 8. The SMILES string of the molecule is CCCCCN(C)S(=O)(=O)c1ccccc1NCC. The number of unbranched alkanes of at least 4 members (excludes halogenated alkanes) is 2. The minimum absolute atomic E-state index is 0.357. The van der Waals surface area contributed by atoms with Crippen molar-refractivity contribution in [3.05, 3.63) is 24.3 Å². The van der Waals surface area contributed by atoms with E-state index in [-0.39, 0.29) is 0 Å². The highest BCUT2D eigenvalue weighted by Gasteiger charge is 2.22. The number of sulfonamides is 1. The maximum Gasteiger partial charge on any atom is 0.244 e. The summed E-state index contributed by atoms with van der Waals surface area (Å²) < 4.78 is 26.5. The minimum atomic E-state index is -3.40. The molecule has 0 aliphatic carbocycles. The number of anilines is 1. The van der Waals surface area contributed by atoms with Gasteiger partial charge in [-0.1, -0.05) is 31.9 Å². The molecule has 1 N–H and O–H groups in total. The molecule has 0 amide bonds. The number of hydrogen-bond acceptors (Lipinski definition) is 3. The Balaban J connectivity index is 2.93. The first-order valence-corrected chi connectivity index (χ1v) is 8.27. The zero-order valence-corrected chi connectivity index (χ0v) is 12.8. The van der Waals surface area contributed by atoms with Crippen LogP contribution in [0, 0.1) is 0 Å². The lowest BCUT2D eigenvalue weighted by atomic mass is 10.2. The van der Waals surface area contributed by atoms with Crippen LogP contribution < -0.4 is 5.32 Å². The monoisotopic (exact) mass is 284 g/mol. The van der Waals surface area contributed by atoms with Crippen LogP contribution in [0.3, 0.4) is 0 Å². The van der Waals surface area contributed by atoms with Crippen LogP contribution >= 0.6 is 0 Å². The van der Waals surface area contributed by atoms with Crippen molar-refractivity contribution in [3.8, 4) is 0 Å². The van der Waals surface area contributed by atoms with Crippen LogP contribution in [0.15, 0.2) is 29.2 Å². The first-order valence-electron chi connectivity index (χ1n) is 6.83.